The molecule has 4 rings (SSSR count). The third-order valence-electron chi connectivity index (χ3n) is 5.33. The lowest BCUT2D eigenvalue weighted by molar-refractivity contribution is -0.147. The molecule has 1 fully saturated rings. The number of halogens is 2. The summed E-state index contributed by atoms with van der Waals surface area (Å²) in [6.45, 7) is 6.81. The van der Waals surface area contributed by atoms with Crippen LogP contribution < -0.4 is 4.74 Å². The fourth-order valence-electron chi connectivity index (χ4n) is 3.62. The fraction of sp³-hybridized carbons (Fsp3) is 0.364. The molecule has 0 spiro atoms. The van der Waals surface area contributed by atoms with E-state index in [4.69, 9.17) is 27.9 Å². The molecule has 168 valence electrons. The number of nitrogens with zero attached hydrogens (tertiary/aromatic N) is 6. The zero-order valence-corrected chi connectivity index (χ0v) is 19.4. The molecule has 0 radical (unpaired) electrons. The van der Waals surface area contributed by atoms with E-state index >= 15 is 0 Å². The summed E-state index contributed by atoms with van der Waals surface area (Å²) >= 11 is 11.9. The quantitative estimate of drug-likeness (QED) is 0.544. The van der Waals surface area contributed by atoms with Gasteiger partial charge in [-0.1, -0.05) is 23.2 Å². The van der Waals surface area contributed by atoms with E-state index < -0.39 is 5.60 Å². The van der Waals surface area contributed by atoms with Gasteiger partial charge in [-0.05, 0) is 72.8 Å². The molecule has 0 bridgehead atoms. The first-order valence-electron chi connectivity index (χ1n) is 10.3. The Morgan fingerprint density at radius 2 is 1.56 bits per heavy atom. The molecule has 10 heteroatoms. The average molecular weight is 475 g/mol. The van der Waals surface area contributed by atoms with Crippen molar-refractivity contribution in [3.8, 4) is 11.4 Å². The van der Waals surface area contributed by atoms with Crippen LogP contribution in [-0.2, 0) is 11.3 Å². The second-order valence-corrected chi connectivity index (χ2v) is 8.99. The van der Waals surface area contributed by atoms with Gasteiger partial charge in [0.1, 0.15) is 5.75 Å². The van der Waals surface area contributed by atoms with Crippen LogP contribution in [0.4, 0.5) is 0 Å². The SMILES string of the molecule is CC(C)(Oc1ccc(Cl)cc1)C(=O)N1CCN(Cc2nnnn2-c2ccc(Cl)cc2)CC1. The number of carbonyl (C=O) groups excluding carboxylic acids is 1. The molecule has 1 aliphatic heterocycles. The van der Waals surface area contributed by atoms with E-state index in [9.17, 15) is 4.79 Å². The fourth-order valence-corrected chi connectivity index (χ4v) is 3.87. The molecule has 8 nitrogen and oxygen atoms in total. The lowest BCUT2D eigenvalue weighted by Crippen LogP contribution is -2.55. The largest absolute Gasteiger partial charge is 0.478 e. The highest BCUT2D eigenvalue weighted by Gasteiger charge is 2.36. The molecule has 0 unspecified atom stereocenters. The van der Waals surface area contributed by atoms with Crippen molar-refractivity contribution in [3.63, 3.8) is 0 Å². The van der Waals surface area contributed by atoms with Gasteiger partial charge in [-0.15, -0.1) is 5.10 Å². The van der Waals surface area contributed by atoms with Gasteiger partial charge in [-0.3, -0.25) is 9.69 Å². The van der Waals surface area contributed by atoms with Crippen molar-refractivity contribution in [2.45, 2.75) is 26.0 Å². The normalized spacial score (nSPS) is 15.1. The number of aromatic nitrogens is 4. The minimum absolute atomic E-state index is 0.0434. The topological polar surface area (TPSA) is 76.4 Å². The second-order valence-electron chi connectivity index (χ2n) is 8.12. The number of hydrogen-bond acceptors (Lipinski definition) is 6. The van der Waals surface area contributed by atoms with Crippen LogP contribution in [0.15, 0.2) is 48.5 Å². The maximum Gasteiger partial charge on any atom is 0.266 e. The standard InChI is InChI=1S/C22H24Cl2N6O2/c1-22(2,32-19-9-5-17(24)6-10-19)21(31)29-13-11-28(12-14-29)15-20-25-26-27-30(20)18-7-3-16(23)4-8-18/h3-10H,11-15H2,1-2H3. The number of benzene rings is 2. The first-order valence-corrected chi connectivity index (χ1v) is 11.1. The highest BCUT2D eigenvalue weighted by Crippen LogP contribution is 2.23. The van der Waals surface area contributed by atoms with Crippen LogP contribution in [0.1, 0.15) is 19.7 Å². The Kier molecular flexibility index (Phi) is 6.64. The average Bonchev–Trinajstić information content (AvgIpc) is 3.24. The van der Waals surface area contributed by atoms with Crippen LogP contribution in [-0.4, -0.2) is 67.7 Å². The van der Waals surface area contributed by atoms with E-state index in [1.165, 1.54) is 0 Å². The van der Waals surface area contributed by atoms with Crippen molar-refractivity contribution >= 4 is 29.1 Å². The number of hydrogen-bond donors (Lipinski definition) is 0. The number of tetrazole rings is 1. The van der Waals surface area contributed by atoms with E-state index in [1.807, 2.05) is 17.0 Å². The molecular formula is C22H24Cl2N6O2. The Morgan fingerprint density at radius 1 is 0.969 bits per heavy atom. The predicted molar refractivity (Wildman–Crippen MR) is 122 cm³/mol. The first kappa shape index (κ1) is 22.5. The molecule has 2 heterocycles. The van der Waals surface area contributed by atoms with Crippen molar-refractivity contribution in [1.82, 2.24) is 30.0 Å². The molecule has 32 heavy (non-hydrogen) atoms. The maximum absolute atomic E-state index is 13.1. The van der Waals surface area contributed by atoms with Gasteiger partial charge in [0, 0.05) is 36.2 Å². The Morgan fingerprint density at radius 3 is 2.19 bits per heavy atom. The molecule has 0 N–H and O–H groups in total. The van der Waals surface area contributed by atoms with Crippen molar-refractivity contribution in [3.05, 3.63) is 64.4 Å². The summed E-state index contributed by atoms with van der Waals surface area (Å²) in [4.78, 5) is 17.2. The zero-order chi connectivity index (χ0) is 22.7. The van der Waals surface area contributed by atoms with Gasteiger partial charge in [0.25, 0.3) is 5.91 Å². The van der Waals surface area contributed by atoms with E-state index in [2.05, 4.69) is 20.4 Å². The Balaban J connectivity index is 1.34. The number of rotatable bonds is 6. The molecule has 0 saturated carbocycles. The van der Waals surface area contributed by atoms with Gasteiger partial charge < -0.3 is 9.64 Å². The van der Waals surface area contributed by atoms with Crippen LogP contribution in [0, 0.1) is 0 Å². The monoisotopic (exact) mass is 474 g/mol. The maximum atomic E-state index is 13.1. The third kappa shape index (κ3) is 5.20. The third-order valence-corrected chi connectivity index (χ3v) is 5.84. The molecule has 1 aromatic heterocycles. The van der Waals surface area contributed by atoms with Gasteiger partial charge in [0.05, 0.1) is 12.2 Å². The van der Waals surface area contributed by atoms with E-state index in [1.54, 1.807) is 54.9 Å². The van der Waals surface area contributed by atoms with Gasteiger partial charge in [0.2, 0.25) is 0 Å². The summed E-state index contributed by atoms with van der Waals surface area (Å²) in [5.41, 5.74) is -0.126. The molecule has 0 atom stereocenters. The summed E-state index contributed by atoms with van der Waals surface area (Å²) < 4.78 is 7.66. The summed E-state index contributed by atoms with van der Waals surface area (Å²) in [5.74, 6) is 1.30. The number of ether oxygens (including phenoxy) is 1. The van der Waals surface area contributed by atoms with E-state index in [0.29, 0.717) is 35.4 Å². The molecule has 1 amide bonds. The number of amides is 1. The van der Waals surface area contributed by atoms with E-state index in [0.717, 1.165) is 24.6 Å². The summed E-state index contributed by atoms with van der Waals surface area (Å²) in [7, 11) is 0. The molecule has 1 saturated heterocycles. The van der Waals surface area contributed by atoms with Crippen LogP contribution in [0.2, 0.25) is 10.0 Å². The molecule has 2 aromatic carbocycles. The highest BCUT2D eigenvalue weighted by atomic mass is 35.5. The van der Waals surface area contributed by atoms with Gasteiger partial charge in [-0.2, -0.15) is 4.68 Å². The smallest absolute Gasteiger partial charge is 0.266 e. The Bertz CT molecular complexity index is 1060. The lowest BCUT2D eigenvalue weighted by atomic mass is 10.1. The minimum Gasteiger partial charge on any atom is -0.478 e. The summed E-state index contributed by atoms with van der Waals surface area (Å²) in [5, 5.41) is 13.4. The predicted octanol–water partition coefficient (Wildman–Crippen LogP) is 3.47. The van der Waals surface area contributed by atoms with Crippen molar-refractivity contribution in [2.75, 3.05) is 26.2 Å². The van der Waals surface area contributed by atoms with Gasteiger partial charge >= 0.3 is 0 Å². The van der Waals surface area contributed by atoms with Crippen molar-refractivity contribution in [1.29, 1.82) is 0 Å². The Labute approximate surface area is 196 Å². The van der Waals surface area contributed by atoms with Crippen LogP contribution in [0.3, 0.4) is 0 Å². The minimum atomic E-state index is -0.978. The van der Waals surface area contributed by atoms with Crippen LogP contribution >= 0.6 is 23.2 Å². The molecule has 1 aliphatic rings. The summed E-state index contributed by atoms with van der Waals surface area (Å²) in [6.07, 6.45) is 0. The number of carbonyl (C=O) groups is 1. The number of piperazine rings is 1. The summed E-state index contributed by atoms with van der Waals surface area (Å²) in [6, 6.07) is 14.4. The van der Waals surface area contributed by atoms with Crippen molar-refractivity contribution < 1.29 is 9.53 Å². The molecular weight excluding hydrogens is 451 g/mol. The lowest BCUT2D eigenvalue weighted by Gasteiger charge is -2.38. The van der Waals surface area contributed by atoms with E-state index in [-0.39, 0.29) is 5.91 Å². The Hall–Kier alpha value is -2.68. The van der Waals surface area contributed by atoms with Crippen LogP contribution in [0.5, 0.6) is 5.75 Å². The van der Waals surface area contributed by atoms with Gasteiger partial charge in [-0.25, -0.2) is 0 Å². The van der Waals surface area contributed by atoms with Gasteiger partial charge in [0.15, 0.2) is 11.4 Å². The highest BCUT2D eigenvalue weighted by molar-refractivity contribution is 6.30. The van der Waals surface area contributed by atoms with Crippen LogP contribution in [0.25, 0.3) is 5.69 Å². The first-order chi connectivity index (χ1) is 15.3. The second kappa shape index (κ2) is 9.44. The molecule has 3 aromatic rings. The zero-order valence-electron chi connectivity index (χ0n) is 17.9. The molecule has 0 aliphatic carbocycles. The van der Waals surface area contributed by atoms with Crippen molar-refractivity contribution in [2.24, 2.45) is 0 Å².